The predicted octanol–water partition coefficient (Wildman–Crippen LogP) is 3.61. The number of isocyanates is 1. The molecule has 0 bridgehead atoms. The van der Waals surface area contributed by atoms with Gasteiger partial charge in [-0.1, -0.05) is 45.4 Å². The minimum Gasteiger partial charge on any atom is -0.211 e. The van der Waals surface area contributed by atoms with Crippen molar-refractivity contribution in [2.75, 3.05) is 0 Å². The highest BCUT2D eigenvalue weighted by atomic mass is 16.1. The molecule has 0 amide bonds. The van der Waals surface area contributed by atoms with Gasteiger partial charge in [-0.15, -0.1) is 0 Å². The molecule has 0 heterocycles. The Hall–Kier alpha value is -0.620. The van der Waals surface area contributed by atoms with E-state index in [2.05, 4.69) is 11.9 Å². The standard InChI is InChI=1S/C12H21NO/c1-2-3-5-8-12(13-11-14)9-6-4-7-10-12/h2-10H2,1H3. The van der Waals surface area contributed by atoms with Crippen LogP contribution in [0.2, 0.25) is 0 Å². The van der Waals surface area contributed by atoms with Gasteiger partial charge in [-0.25, -0.2) is 4.79 Å². The zero-order valence-corrected chi connectivity index (χ0v) is 9.22. The third kappa shape index (κ3) is 3.26. The lowest BCUT2D eigenvalue weighted by molar-refractivity contribution is 0.272. The van der Waals surface area contributed by atoms with Crippen molar-refractivity contribution >= 4 is 6.08 Å². The molecule has 0 spiro atoms. The number of rotatable bonds is 5. The summed E-state index contributed by atoms with van der Waals surface area (Å²) in [5.41, 5.74) is -0.0187. The van der Waals surface area contributed by atoms with Crippen LogP contribution >= 0.6 is 0 Å². The SMILES string of the molecule is CCCCCC1(N=C=O)CCCCC1. The van der Waals surface area contributed by atoms with E-state index < -0.39 is 0 Å². The van der Waals surface area contributed by atoms with Gasteiger partial charge in [0.1, 0.15) is 0 Å². The summed E-state index contributed by atoms with van der Waals surface area (Å²) in [6.07, 6.45) is 12.6. The molecule has 14 heavy (non-hydrogen) atoms. The smallest absolute Gasteiger partial charge is 0.211 e. The van der Waals surface area contributed by atoms with Gasteiger partial charge in [-0.05, 0) is 19.3 Å². The molecule has 1 rings (SSSR count). The van der Waals surface area contributed by atoms with Crippen LogP contribution < -0.4 is 0 Å². The van der Waals surface area contributed by atoms with Gasteiger partial charge < -0.3 is 0 Å². The second-order valence-corrected chi connectivity index (χ2v) is 4.45. The zero-order chi connectivity index (χ0) is 10.3. The topological polar surface area (TPSA) is 29.4 Å². The van der Waals surface area contributed by atoms with E-state index in [1.165, 1.54) is 38.5 Å². The third-order valence-electron chi connectivity index (χ3n) is 3.31. The van der Waals surface area contributed by atoms with Crippen molar-refractivity contribution in [3.05, 3.63) is 0 Å². The van der Waals surface area contributed by atoms with Gasteiger partial charge in [0.25, 0.3) is 0 Å². The van der Waals surface area contributed by atoms with Gasteiger partial charge in [0.05, 0.1) is 5.54 Å². The van der Waals surface area contributed by atoms with Gasteiger partial charge in [-0.2, -0.15) is 4.99 Å². The molecule has 0 unspecified atom stereocenters. The van der Waals surface area contributed by atoms with Crippen LogP contribution in [0.1, 0.15) is 64.7 Å². The van der Waals surface area contributed by atoms with E-state index in [0.29, 0.717) is 0 Å². The fourth-order valence-electron chi connectivity index (χ4n) is 2.43. The molecule has 0 atom stereocenters. The Labute approximate surface area is 86.8 Å². The minimum atomic E-state index is -0.0187. The summed E-state index contributed by atoms with van der Waals surface area (Å²) in [6.45, 7) is 2.20. The van der Waals surface area contributed by atoms with Crippen molar-refractivity contribution in [1.29, 1.82) is 0 Å². The van der Waals surface area contributed by atoms with Crippen molar-refractivity contribution in [2.45, 2.75) is 70.3 Å². The summed E-state index contributed by atoms with van der Waals surface area (Å²) in [4.78, 5) is 14.5. The van der Waals surface area contributed by atoms with E-state index in [1.807, 2.05) is 0 Å². The average Bonchev–Trinajstić information content (AvgIpc) is 2.20. The van der Waals surface area contributed by atoms with Crippen LogP contribution in [0.4, 0.5) is 0 Å². The van der Waals surface area contributed by atoms with Crippen LogP contribution in [0, 0.1) is 0 Å². The van der Waals surface area contributed by atoms with E-state index in [1.54, 1.807) is 6.08 Å². The monoisotopic (exact) mass is 195 g/mol. The first-order valence-corrected chi connectivity index (χ1v) is 5.92. The Morgan fingerprint density at radius 3 is 2.50 bits per heavy atom. The molecule has 2 nitrogen and oxygen atoms in total. The van der Waals surface area contributed by atoms with E-state index in [-0.39, 0.29) is 5.54 Å². The fourth-order valence-corrected chi connectivity index (χ4v) is 2.43. The normalized spacial score (nSPS) is 20.1. The van der Waals surface area contributed by atoms with E-state index in [4.69, 9.17) is 0 Å². The van der Waals surface area contributed by atoms with E-state index in [9.17, 15) is 4.79 Å². The number of hydrogen-bond acceptors (Lipinski definition) is 2. The summed E-state index contributed by atoms with van der Waals surface area (Å²) in [5.74, 6) is 0. The molecule has 1 aliphatic carbocycles. The molecule has 0 aromatic rings. The quantitative estimate of drug-likeness (QED) is 0.374. The molecule has 1 fully saturated rings. The lowest BCUT2D eigenvalue weighted by Gasteiger charge is -2.32. The molecule has 0 radical (unpaired) electrons. The fraction of sp³-hybridized carbons (Fsp3) is 0.917. The maximum absolute atomic E-state index is 10.4. The first-order valence-electron chi connectivity index (χ1n) is 5.92. The van der Waals surface area contributed by atoms with Crippen LogP contribution in [0.3, 0.4) is 0 Å². The van der Waals surface area contributed by atoms with Crippen molar-refractivity contribution in [2.24, 2.45) is 4.99 Å². The van der Waals surface area contributed by atoms with Gasteiger partial charge in [0.2, 0.25) is 6.08 Å². The molecule has 0 aliphatic heterocycles. The first-order chi connectivity index (χ1) is 6.83. The Kier molecular flexibility index (Phi) is 4.89. The zero-order valence-electron chi connectivity index (χ0n) is 9.22. The van der Waals surface area contributed by atoms with Crippen LogP contribution in [0.25, 0.3) is 0 Å². The number of aliphatic imine (C=N–C) groups is 1. The molecule has 1 aliphatic rings. The van der Waals surface area contributed by atoms with Gasteiger partial charge >= 0.3 is 0 Å². The molecule has 1 saturated carbocycles. The van der Waals surface area contributed by atoms with Crippen molar-refractivity contribution < 1.29 is 4.79 Å². The Balaban J connectivity index is 2.47. The molecular weight excluding hydrogens is 174 g/mol. The second-order valence-electron chi connectivity index (χ2n) is 4.45. The predicted molar refractivity (Wildman–Crippen MR) is 58.1 cm³/mol. The molecule has 0 saturated heterocycles. The lowest BCUT2D eigenvalue weighted by atomic mass is 9.79. The highest BCUT2D eigenvalue weighted by molar-refractivity contribution is 5.35. The van der Waals surface area contributed by atoms with Gasteiger partial charge in [0, 0.05) is 0 Å². The summed E-state index contributed by atoms with van der Waals surface area (Å²) in [5, 5.41) is 0. The summed E-state index contributed by atoms with van der Waals surface area (Å²) in [6, 6.07) is 0. The van der Waals surface area contributed by atoms with Gasteiger partial charge in [0.15, 0.2) is 0 Å². The van der Waals surface area contributed by atoms with E-state index >= 15 is 0 Å². The number of nitrogens with zero attached hydrogens (tertiary/aromatic N) is 1. The molecule has 0 N–H and O–H groups in total. The highest BCUT2D eigenvalue weighted by Gasteiger charge is 2.30. The van der Waals surface area contributed by atoms with Crippen molar-refractivity contribution in [3.8, 4) is 0 Å². The van der Waals surface area contributed by atoms with Crippen LogP contribution in [-0.4, -0.2) is 11.6 Å². The van der Waals surface area contributed by atoms with Crippen LogP contribution in [0.5, 0.6) is 0 Å². The maximum Gasteiger partial charge on any atom is 0.235 e. The van der Waals surface area contributed by atoms with Crippen molar-refractivity contribution in [3.63, 3.8) is 0 Å². The second kappa shape index (κ2) is 5.98. The molecular formula is C12H21NO. The van der Waals surface area contributed by atoms with Crippen LogP contribution in [-0.2, 0) is 4.79 Å². The van der Waals surface area contributed by atoms with Crippen LogP contribution in [0.15, 0.2) is 4.99 Å². The van der Waals surface area contributed by atoms with Crippen molar-refractivity contribution in [1.82, 2.24) is 0 Å². The minimum absolute atomic E-state index is 0.0187. The largest absolute Gasteiger partial charge is 0.235 e. The maximum atomic E-state index is 10.4. The van der Waals surface area contributed by atoms with E-state index in [0.717, 1.165) is 19.3 Å². The molecule has 2 heteroatoms. The number of hydrogen-bond donors (Lipinski definition) is 0. The molecule has 0 aromatic heterocycles. The first kappa shape index (κ1) is 11.5. The Morgan fingerprint density at radius 1 is 1.21 bits per heavy atom. The summed E-state index contributed by atoms with van der Waals surface area (Å²) < 4.78 is 0. The summed E-state index contributed by atoms with van der Waals surface area (Å²) >= 11 is 0. The summed E-state index contributed by atoms with van der Waals surface area (Å²) in [7, 11) is 0. The third-order valence-corrected chi connectivity index (χ3v) is 3.31. The number of carbonyl (C=O) groups excluding carboxylic acids is 1. The Morgan fingerprint density at radius 2 is 1.93 bits per heavy atom. The lowest BCUT2D eigenvalue weighted by Crippen LogP contribution is -2.29. The Bertz CT molecular complexity index is 200. The van der Waals surface area contributed by atoms with Gasteiger partial charge in [-0.3, -0.25) is 0 Å². The number of unbranched alkanes of at least 4 members (excludes halogenated alkanes) is 2. The molecule has 80 valence electrons. The average molecular weight is 195 g/mol. The highest BCUT2D eigenvalue weighted by Crippen LogP contribution is 2.35. The molecule has 0 aromatic carbocycles.